The highest BCUT2D eigenvalue weighted by Crippen LogP contribution is 2.44. The Labute approximate surface area is 504 Å². The van der Waals surface area contributed by atoms with Gasteiger partial charge in [0.15, 0.2) is 6.29 Å². The van der Waals surface area contributed by atoms with Gasteiger partial charge in [-0.05, 0) is 130 Å². The van der Waals surface area contributed by atoms with E-state index in [-0.39, 0.29) is 81.4 Å². The molecule has 464 valence electrons. The number of carbonyl (C=O) groups is 6. The molecule has 22 heteroatoms. The van der Waals surface area contributed by atoms with Crippen molar-refractivity contribution in [1.29, 1.82) is 0 Å². The third-order valence-electron chi connectivity index (χ3n) is 16.5. The van der Waals surface area contributed by atoms with Crippen molar-refractivity contribution >= 4 is 46.0 Å². The smallest absolute Gasteiger partial charge is 0.410 e. The SMILES string of the molecule is CC(C)CN(C[C@@H](O)[C@H](Cc1ccccc1)NC(=O)OC1CO[C@H]2OCC[C@@H]12)S(=O)(=O)c1ccc(CNC(=O)[C@@H]2CCCN2C(=O)[C@H](CCCCNC(=O)OCC2c3ccccc3-c3ccccc32)NC(=O)[C@@H]2CCCN2C(=O)OC(C)(C)C)cc1. The number of fused-ring (bicyclic) bond motifs is 4. The molecule has 4 heterocycles. The quantitative estimate of drug-likeness (QED) is 0.0350. The highest BCUT2D eigenvalue weighted by molar-refractivity contribution is 7.89. The number of hydrogen-bond acceptors (Lipinski definition) is 14. The van der Waals surface area contributed by atoms with Gasteiger partial charge in [-0.2, -0.15) is 4.31 Å². The lowest BCUT2D eigenvalue weighted by Gasteiger charge is -2.31. The molecule has 21 nitrogen and oxygen atoms in total. The summed E-state index contributed by atoms with van der Waals surface area (Å²) in [5, 5.41) is 23.3. The summed E-state index contributed by atoms with van der Waals surface area (Å²) in [6, 6.07) is 27.7. The van der Waals surface area contributed by atoms with Crippen LogP contribution in [-0.2, 0) is 61.1 Å². The van der Waals surface area contributed by atoms with Crippen LogP contribution in [0.4, 0.5) is 14.4 Å². The zero-order valence-electron chi connectivity index (χ0n) is 49.8. The van der Waals surface area contributed by atoms with E-state index >= 15 is 0 Å². The summed E-state index contributed by atoms with van der Waals surface area (Å²) >= 11 is 0. The number of carbonyl (C=O) groups excluding carboxylic acids is 6. The predicted molar refractivity (Wildman–Crippen MR) is 319 cm³/mol. The molecule has 0 aromatic heterocycles. The number of sulfonamides is 1. The number of nitrogens with zero attached hydrogens (tertiary/aromatic N) is 3. The number of aliphatic hydroxyl groups excluding tert-OH is 1. The highest BCUT2D eigenvalue weighted by Gasteiger charge is 2.45. The van der Waals surface area contributed by atoms with Crippen LogP contribution in [0.15, 0.2) is 108 Å². The van der Waals surface area contributed by atoms with Gasteiger partial charge in [-0.3, -0.25) is 19.3 Å². The molecule has 4 aromatic rings. The van der Waals surface area contributed by atoms with E-state index < -0.39 is 94.3 Å². The molecule has 4 saturated heterocycles. The number of nitrogens with one attached hydrogen (secondary N) is 4. The third kappa shape index (κ3) is 15.9. The summed E-state index contributed by atoms with van der Waals surface area (Å²) in [5.41, 5.74) is 5.04. The fourth-order valence-corrected chi connectivity index (χ4v) is 13.8. The fourth-order valence-electron chi connectivity index (χ4n) is 12.2. The number of amides is 6. The molecule has 5 aliphatic rings. The first-order valence-corrected chi connectivity index (χ1v) is 31.7. The second kappa shape index (κ2) is 28.6. The van der Waals surface area contributed by atoms with Crippen molar-refractivity contribution in [2.24, 2.45) is 11.8 Å². The van der Waals surface area contributed by atoms with E-state index in [0.29, 0.717) is 63.7 Å². The largest absolute Gasteiger partial charge is 0.449 e. The number of unbranched alkanes of at least 4 members (excludes halogenated alkanes) is 1. The minimum Gasteiger partial charge on any atom is -0.449 e. The summed E-state index contributed by atoms with van der Waals surface area (Å²) in [6.45, 7) is 10.4. The summed E-state index contributed by atoms with van der Waals surface area (Å²) in [5.74, 6) is -1.72. The van der Waals surface area contributed by atoms with Gasteiger partial charge < -0.3 is 55.0 Å². The molecule has 0 bridgehead atoms. The third-order valence-corrected chi connectivity index (χ3v) is 18.3. The minimum atomic E-state index is -4.22. The number of rotatable bonds is 24. The first kappa shape index (κ1) is 63.4. The average Bonchev–Trinajstić information content (AvgIpc) is 1.81. The number of ether oxygens (including phenoxy) is 5. The molecule has 0 saturated carbocycles. The molecule has 5 N–H and O–H groups in total. The average molecular weight is 1210 g/mol. The Morgan fingerprint density at radius 2 is 1.38 bits per heavy atom. The van der Waals surface area contributed by atoms with E-state index in [4.69, 9.17) is 23.7 Å². The van der Waals surface area contributed by atoms with E-state index in [9.17, 15) is 42.3 Å². The molecule has 9 rings (SSSR count). The van der Waals surface area contributed by atoms with Crippen LogP contribution < -0.4 is 21.3 Å². The molecule has 6 amide bonds. The number of alkyl carbamates (subject to hydrolysis) is 2. The Bertz CT molecular complexity index is 3080. The number of aliphatic hydroxyl groups is 1. The van der Waals surface area contributed by atoms with E-state index in [1.807, 2.05) is 80.6 Å². The van der Waals surface area contributed by atoms with Gasteiger partial charge in [0.05, 0.1) is 36.2 Å². The topological polar surface area (TPSA) is 261 Å². The van der Waals surface area contributed by atoms with Crippen molar-refractivity contribution in [3.63, 3.8) is 0 Å². The van der Waals surface area contributed by atoms with Crippen LogP contribution in [-0.4, -0.2) is 164 Å². The molecule has 0 spiro atoms. The van der Waals surface area contributed by atoms with Crippen molar-refractivity contribution in [3.05, 3.63) is 125 Å². The Morgan fingerprint density at radius 1 is 0.733 bits per heavy atom. The van der Waals surface area contributed by atoms with E-state index in [0.717, 1.165) is 27.8 Å². The lowest BCUT2D eigenvalue weighted by atomic mass is 9.98. The molecular weight excluding hydrogens is 1120 g/mol. The van der Waals surface area contributed by atoms with Crippen molar-refractivity contribution in [1.82, 2.24) is 35.4 Å². The van der Waals surface area contributed by atoms with Crippen molar-refractivity contribution < 1.29 is 66.0 Å². The van der Waals surface area contributed by atoms with E-state index in [1.54, 1.807) is 32.9 Å². The monoisotopic (exact) mass is 1210 g/mol. The van der Waals surface area contributed by atoms with Crippen LogP contribution >= 0.6 is 0 Å². The number of likely N-dealkylation sites (tertiary alicyclic amines) is 2. The molecule has 4 aromatic carbocycles. The summed E-state index contributed by atoms with van der Waals surface area (Å²) in [4.78, 5) is 85.3. The van der Waals surface area contributed by atoms with Crippen LogP contribution in [0.3, 0.4) is 0 Å². The van der Waals surface area contributed by atoms with Gasteiger partial charge in [-0.15, -0.1) is 0 Å². The molecular formula is C64H83N7O14S. The van der Waals surface area contributed by atoms with Gasteiger partial charge in [0, 0.05) is 45.2 Å². The fraction of sp³-hybridized carbons (Fsp3) is 0.531. The Balaban J connectivity index is 0.807. The number of benzene rings is 4. The van der Waals surface area contributed by atoms with Gasteiger partial charge in [-0.1, -0.05) is 105 Å². The highest BCUT2D eigenvalue weighted by atomic mass is 32.2. The van der Waals surface area contributed by atoms with Crippen LogP contribution in [0, 0.1) is 11.8 Å². The summed E-state index contributed by atoms with van der Waals surface area (Å²) in [6.07, 6.45) is -0.538. The Hall–Kier alpha value is -7.11. The lowest BCUT2D eigenvalue weighted by molar-refractivity contribution is -0.142. The maximum atomic E-state index is 14.7. The molecule has 4 aliphatic heterocycles. The maximum absolute atomic E-state index is 14.7. The second-order valence-electron chi connectivity index (χ2n) is 24.4. The van der Waals surface area contributed by atoms with Crippen LogP contribution in [0.1, 0.15) is 114 Å². The lowest BCUT2D eigenvalue weighted by Crippen LogP contribution is -2.56. The van der Waals surface area contributed by atoms with Gasteiger partial charge in [0.25, 0.3) is 0 Å². The standard InChI is InChI=1S/C64H83N7O14S/c1-41(2)37-69(38-55(72)52(35-42-17-7-6-8-18-42)68-62(77)84-56-40-82-60-49(56)30-34-81-60)86(79,80)44-28-26-43(27-29-44)36-66-57(73)53-24-15-32-70(53)59(75)51(67-58(74)54-25-16-33-71(54)63(78)85-64(3,4)5)23-13-14-31-65-61(76)83-39-50-47-21-11-9-19-45(47)46-20-10-12-22-48(46)50/h6-12,17-22,26-29,41,49-56,60,72H,13-16,23-25,30-40H2,1-5H3,(H,65,76)(H,66,73)(H,67,74)(H,68,77)/t49-,51-,52-,53-,54-,55+,56?,60+/m0/s1. The van der Waals surface area contributed by atoms with Gasteiger partial charge >= 0.3 is 18.3 Å². The Morgan fingerprint density at radius 3 is 2.06 bits per heavy atom. The van der Waals surface area contributed by atoms with Crippen LogP contribution in [0.2, 0.25) is 0 Å². The molecule has 1 unspecified atom stereocenters. The molecule has 4 fully saturated rings. The van der Waals surface area contributed by atoms with Gasteiger partial charge in [0.2, 0.25) is 27.7 Å². The van der Waals surface area contributed by atoms with Gasteiger partial charge in [-0.25, -0.2) is 22.8 Å². The minimum absolute atomic E-state index is 0.00940. The van der Waals surface area contributed by atoms with Crippen molar-refractivity contribution in [2.75, 3.05) is 52.5 Å². The zero-order chi connectivity index (χ0) is 61.1. The molecule has 8 atom stereocenters. The maximum Gasteiger partial charge on any atom is 0.410 e. The van der Waals surface area contributed by atoms with Crippen molar-refractivity contribution in [3.8, 4) is 11.1 Å². The summed E-state index contributed by atoms with van der Waals surface area (Å²) < 4.78 is 58.4. The molecule has 0 radical (unpaired) electrons. The van der Waals surface area contributed by atoms with Gasteiger partial charge in [0.1, 0.15) is 36.4 Å². The first-order chi connectivity index (χ1) is 41.2. The van der Waals surface area contributed by atoms with Crippen LogP contribution in [0.25, 0.3) is 11.1 Å². The molecule has 86 heavy (non-hydrogen) atoms. The number of hydrogen-bond donors (Lipinski definition) is 5. The normalized spacial score (nSPS) is 21.0. The van der Waals surface area contributed by atoms with Crippen molar-refractivity contribution in [2.45, 2.75) is 158 Å². The Kier molecular flexibility index (Phi) is 21.1. The molecule has 1 aliphatic carbocycles. The van der Waals surface area contributed by atoms with E-state index in [2.05, 4.69) is 33.4 Å². The van der Waals surface area contributed by atoms with Crippen LogP contribution in [0.5, 0.6) is 0 Å². The van der Waals surface area contributed by atoms with E-state index in [1.165, 1.54) is 26.2 Å². The first-order valence-electron chi connectivity index (χ1n) is 30.2. The second-order valence-corrected chi connectivity index (χ2v) is 26.3. The summed E-state index contributed by atoms with van der Waals surface area (Å²) in [7, 11) is -4.22. The predicted octanol–water partition coefficient (Wildman–Crippen LogP) is 6.99. The zero-order valence-corrected chi connectivity index (χ0v) is 50.6.